The van der Waals surface area contributed by atoms with Crippen LogP contribution in [0, 0.1) is 0 Å². The molecule has 0 radical (unpaired) electrons. The summed E-state index contributed by atoms with van der Waals surface area (Å²) >= 11 is -1.04. The van der Waals surface area contributed by atoms with Crippen LogP contribution in [0.2, 0.25) is 0 Å². The average molecular weight is 504 g/mol. The first-order chi connectivity index (χ1) is 17.4. The van der Waals surface area contributed by atoms with E-state index >= 15 is 0 Å². The second kappa shape index (κ2) is 11.3. The summed E-state index contributed by atoms with van der Waals surface area (Å²) in [6.07, 6.45) is 6.85. The standard InChI is InChI=1S/C28H29N3O4S/c1-5-36(33)22-8-6-7-20(15-22)23-13-14-29-28-27(23)21(17-30-28)10-12-26(32)31-18(2)19-9-11-24(34-3)25(16-19)35-4/h6-18H,5H2,1-4H3,(H,29,30)(H,31,32)/b12-10+/t18-,36?/m1/s1. The molecule has 0 aliphatic heterocycles. The number of methoxy groups -OCH3 is 2. The molecule has 2 heterocycles. The van der Waals surface area contributed by atoms with Crippen molar-refractivity contribution in [2.75, 3.05) is 20.0 Å². The van der Waals surface area contributed by atoms with E-state index in [9.17, 15) is 9.35 Å². The van der Waals surface area contributed by atoms with E-state index in [2.05, 4.69) is 15.3 Å². The van der Waals surface area contributed by atoms with Crippen molar-refractivity contribution in [3.05, 3.63) is 78.1 Å². The Morgan fingerprint density at radius 2 is 1.97 bits per heavy atom. The van der Waals surface area contributed by atoms with E-state index in [0.29, 0.717) is 22.9 Å². The zero-order valence-electron chi connectivity index (χ0n) is 20.7. The number of carbonyl (C=O) groups excluding carboxylic acids is 1. The number of hydrogen-bond acceptors (Lipinski definition) is 5. The van der Waals surface area contributed by atoms with Gasteiger partial charge < -0.3 is 24.3 Å². The lowest BCUT2D eigenvalue weighted by Gasteiger charge is -2.15. The summed E-state index contributed by atoms with van der Waals surface area (Å²) in [4.78, 5) is 21.1. The fraction of sp³-hybridized carbons (Fsp3) is 0.214. The Balaban J connectivity index is 1.57. The van der Waals surface area contributed by atoms with Gasteiger partial charge in [0.2, 0.25) is 5.91 Å². The molecule has 0 saturated heterocycles. The van der Waals surface area contributed by atoms with Gasteiger partial charge in [-0.2, -0.15) is 0 Å². The van der Waals surface area contributed by atoms with Crippen molar-refractivity contribution in [1.29, 1.82) is 0 Å². The van der Waals surface area contributed by atoms with E-state index in [4.69, 9.17) is 9.47 Å². The SMILES string of the molecule is CC[S+]([O-])c1cccc(-c2ccnc3[nH]cc(/C=C/C(=O)N[C@H](C)c4ccc(OC)c(OC)c4)c23)c1. The summed E-state index contributed by atoms with van der Waals surface area (Å²) in [5, 5.41) is 3.88. The summed E-state index contributed by atoms with van der Waals surface area (Å²) in [7, 11) is 3.17. The molecule has 2 atom stereocenters. The van der Waals surface area contributed by atoms with Crippen LogP contribution in [0.25, 0.3) is 28.2 Å². The van der Waals surface area contributed by atoms with Crippen molar-refractivity contribution in [3.8, 4) is 22.6 Å². The largest absolute Gasteiger partial charge is 0.611 e. The van der Waals surface area contributed by atoms with Crippen LogP contribution in [0.3, 0.4) is 0 Å². The smallest absolute Gasteiger partial charge is 0.244 e. The van der Waals surface area contributed by atoms with Crippen molar-refractivity contribution in [2.45, 2.75) is 24.8 Å². The minimum Gasteiger partial charge on any atom is -0.611 e. The molecule has 0 aliphatic carbocycles. The molecule has 0 bridgehead atoms. The third-order valence-electron chi connectivity index (χ3n) is 5.95. The molecule has 2 aromatic carbocycles. The maximum atomic E-state index is 12.7. The number of hydrogen-bond donors (Lipinski definition) is 2. The number of pyridine rings is 1. The minimum absolute atomic E-state index is 0.225. The average Bonchev–Trinajstić information content (AvgIpc) is 3.34. The van der Waals surface area contributed by atoms with Gasteiger partial charge in [0.1, 0.15) is 11.4 Å². The highest BCUT2D eigenvalue weighted by atomic mass is 32.2. The summed E-state index contributed by atoms with van der Waals surface area (Å²) in [5.74, 6) is 1.58. The molecule has 1 unspecified atom stereocenters. The van der Waals surface area contributed by atoms with Gasteiger partial charge in [0.25, 0.3) is 0 Å². The van der Waals surface area contributed by atoms with Crippen LogP contribution in [-0.2, 0) is 16.0 Å². The predicted octanol–water partition coefficient (Wildman–Crippen LogP) is 5.27. The van der Waals surface area contributed by atoms with Gasteiger partial charge in [-0.25, -0.2) is 4.98 Å². The van der Waals surface area contributed by atoms with Crippen LogP contribution < -0.4 is 14.8 Å². The van der Waals surface area contributed by atoms with Crippen LogP contribution in [0.1, 0.15) is 31.0 Å². The summed E-state index contributed by atoms with van der Waals surface area (Å²) in [5.41, 5.74) is 4.35. The first kappa shape index (κ1) is 25.3. The fourth-order valence-electron chi connectivity index (χ4n) is 4.06. The Morgan fingerprint density at radius 1 is 1.17 bits per heavy atom. The fourth-order valence-corrected chi connectivity index (χ4v) is 4.88. The molecular formula is C28H29N3O4S. The molecule has 36 heavy (non-hydrogen) atoms. The molecule has 4 rings (SSSR count). The minimum atomic E-state index is -1.04. The molecule has 7 nitrogen and oxygen atoms in total. The van der Waals surface area contributed by atoms with Crippen LogP contribution in [0.15, 0.2) is 71.9 Å². The maximum absolute atomic E-state index is 12.7. The topological polar surface area (TPSA) is 99.3 Å². The number of nitrogens with zero attached hydrogens (tertiary/aromatic N) is 1. The number of rotatable bonds is 9. The third kappa shape index (κ3) is 5.40. The van der Waals surface area contributed by atoms with E-state index in [0.717, 1.165) is 32.5 Å². The number of ether oxygens (including phenoxy) is 2. The lowest BCUT2D eigenvalue weighted by atomic mass is 10.0. The van der Waals surface area contributed by atoms with Gasteiger partial charge in [-0.05, 0) is 72.1 Å². The number of fused-ring (bicyclic) bond motifs is 1. The van der Waals surface area contributed by atoms with Gasteiger partial charge in [0.15, 0.2) is 16.4 Å². The molecule has 0 spiro atoms. The van der Waals surface area contributed by atoms with Crippen molar-refractivity contribution >= 4 is 34.2 Å². The van der Waals surface area contributed by atoms with Crippen molar-refractivity contribution in [3.63, 3.8) is 0 Å². The van der Waals surface area contributed by atoms with E-state index in [1.165, 1.54) is 6.08 Å². The second-order valence-electron chi connectivity index (χ2n) is 8.17. The monoisotopic (exact) mass is 503 g/mol. The third-order valence-corrected chi connectivity index (χ3v) is 7.26. The van der Waals surface area contributed by atoms with Crippen molar-refractivity contribution in [2.24, 2.45) is 0 Å². The Labute approximate surface area is 213 Å². The molecule has 0 saturated carbocycles. The first-order valence-corrected chi connectivity index (χ1v) is 12.9. The number of carbonyl (C=O) groups is 1. The molecule has 186 valence electrons. The quantitative estimate of drug-likeness (QED) is 0.240. The lowest BCUT2D eigenvalue weighted by Crippen LogP contribution is -2.24. The van der Waals surface area contributed by atoms with Gasteiger partial charge in [0, 0.05) is 35.5 Å². The maximum Gasteiger partial charge on any atom is 0.244 e. The predicted molar refractivity (Wildman–Crippen MR) is 144 cm³/mol. The van der Waals surface area contributed by atoms with Crippen molar-refractivity contribution in [1.82, 2.24) is 15.3 Å². The van der Waals surface area contributed by atoms with E-state index in [1.807, 2.05) is 68.6 Å². The normalized spacial score (nSPS) is 13.0. The van der Waals surface area contributed by atoms with Gasteiger partial charge in [-0.15, -0.1) is 0 Å². The van der Waals surface area contributed by atoms with E-state index in [-0.39, 0.29) is 11.9 Å². The Hall–Kier alpha value is -3.75. The lowest BCUT2D eigenvalue weighted by molar-refractivity contribution is -0.117. The Kier molecular flexibility index (Phi) is 7.97. The summed E-state index contributed by atoms with van der Waals surface area (Å²) in [6, 6.07) is 15.0. The molecule has 4 aromatic rings. The highest BCUT2D eigenvalue weighted by molar-refractivity contribution is 7.91. The Bertz CT molecular complexity index is 1400. The number of H-pyrrole nitrogens is 1. The molecule has 0 aliphatic rings. The van der Waals surface area contributed by atoms with Crippen LogP contribution >= 0.6 is 0 Å². The molecule has 2 N–H and O–H groups in total. The zero-order chi connectivity index (χ0) is 25.7. The van der Waals surface area contributed by atoms with Gasteiger partial charge in [-0.1, -0.05) is 18.2 Å². The highest BCUT2D eigenvalue weighted by Crippen LogP contribution is 2.32. The molecule has 2 aromatic heterocycles. The molecule has 0 fully saturated rings. The highest BCUT2D eigenvalue weighted by Gasteiger charge is 2.15. The number of benzene rings is 2. The molecular weight excluding hydrogens is 474 g/mol. The number of amides is 1. The summed E-state index contributed by atoms with van der Waals surface area (Å²) < 4.78 is 23.0. The van der Waals surface area contributed by atoms with Crippen LogP contribution in [0.5, 0.6) is 11.5 Å². The van der Waals surface area contributed by atoms with E-state index < -0.39 is 11.2 Å². The first-order valence-electron chi connectivity index (χ1n) is 11.6. The zero-order valence-corrected chi connectivity index (χ0v) is 21.5. The number of nitrogens with one attached hydrogen (secondary N) is 2. The molecule has 8 heteroatoms. The van der Waals surface area contributed by atoms with E-state index in [1.54, 1.807) is 26.5 Å². The van der Waals surface area contributed by atoms with Gasteiger partial charge in [-0.3, -0.25) is 4.79 Å². The van der Waals surface area contributed by atoms with Crippen LogP contribution in [-0.4, -0.2) is 40.4 Å². The summed E-state index contributed by atoms with van der Waals surface area (Å²) in [6.45, 7) is 3.81. The van der Waals surface area contributed by atoms with Gasteiger partial charge >= 0.3 is 0 Å². The second-order valence-corrected chi connectivity index (χ2v) is 9.91. The number of aromatic nitrogens is 2. The number of aromatic amines is 1. The van der Waals surface area contributed by atoms with Gasteiger partial charge in [0.05, 0.1) is 20.3 Å². The molecule has 1 amide bonds. The Morgan fingerprint density at radius 3 is 2.72 bits per heavy atom. The van der Waals surface area contributed by atoms with Crippen LogP contribution in [0.4, 0.5) is 0 Å². The van der Waals surface area contributed by atoms with Crippen molar-refractivity contribution < 1.29 is 18.8 Å².